The molecule has 2 aliphatic carbocycles. The van der Waals surface area contributed by atoms with Gasteiger partial charge in [0.2, 0.25) is 0 Å². The molecule has 5 aromatic carbocycles. The monoisotopic (exact) mass is 815 g/mol. The summed E-state index contributed by atoms with van der Waals surface area (Å²) in [6.07, 6.45) is 0. The molecule has 0 heterocycles. The smallest absolute Gasteiger partial charge is 0.0419 e. The molecule has 5 aromatic rings. The molecule has 0 aromatic heterocycles. The maximum Gasteiger partial charge on any atom is 0.0419 e. The lowest BCUT2D eigenvalue weighted by Gasteiger charge is -2.27. The summed E-state index contributed by atoms with van der Waals surface area (Å²) in [5, 5.41) is 0. The third-order valence-corrected chi connectivity index (χ3v) is 12.3. The molecule has 0 aliphatic heterocycles. The quantitative estimate of drug-likeness (QED) is 0.167. The van der Waals surface area contributed by atoms with Crippen LogP contribution >= 0.6 is 0 Å². The van der Waals surface area contributed by atoms with Gasteiger partial charge in [0, 0.05) is 84.1 Å². The number of rotatable bonds is 4. The highest BCUT2D eigenvalue weighted by atomic mass is 15.1. The minimum atomic E-state index is -0.0781. The second-order valence-electron chi connectivity index (χ2n) is 21.8. The van der Waals surface area contributed by atoms with E-state index in [-0.39, 0.29) is 21.7 Å². The van der Waals surface area contributed by atoms with Crippen molar-refractivity contribution in [2.24, 2.45) is 0 Å². The van der Waals surface area contributed by atoms with Gasteiger partial charge >= 0.3 is 0 Å². The lowest BCUT2D eigenvalue weighted by Crippen LogP contribution is -2.17. The van der Waals surface area contributed by atoms with E-state index >= 15 is 0 Å². The van der Waals surface area contributed by atoms with Crippen LogP contribution in [-0.4, -0.2) is 28.2 Å². The standard InChI is InChI=1S/C60H66N2/c1-57(2,3)43-33-41(34-44(37-43)58(4,5)6)53-52(32-26-40-23-29-48(30-24-40)62(15)16)54(42-35-45(59(7,8)9)38-46(36-42)60(10,11)12)56-51(49-19-17-18-20-50(49)55(53)56)31-25-39-21-27-47(28-22-39)61(13)14/h17-24,27-30,33-38H,1-16H3. The van der Waals surface area contributed by atoms with Crippen molar-refractivity contribution in [3.63, 3.8) is 0 Å². The normalized spacial score (nSPS) is 14.0. The topological polar surface area (TPSA) is 6.48 Å². The van der Waals surface area contributed by atoms with Gasteiger partial charge in [-0.15, -0.1) is 0 Å². The molecule has 0 spiro atoms. The Labute approximate surface area is 374 Å². The van der Waals surface area contributed by atoms with Crippen molar-refractivity contribution in [1.29, 1.82) is 0 Å². The summed E-state index contributed by atoms with van der Waals surface area (Å²) in [6, 6.07) is 40.7. The molecule has 0 atom stereocenters. The van der Waals surface area contributed by atoms with Gasteiger partial charge < -0.3 is 9.80 Å². The van der Waals surface area contributed by atoms with Crippen LogP contribution in [0.3, 0.4) is 0 Å². The number of fused-ring (bicyclic) bond motifs is 3. The zero-order chi connectivity index (χ0) is 45.1. The minimum Gasteiger partial charge on any atom is -0.378 e. The van der Waals surface area contributed by atoms with Gasteiger partial charge in [-0.1, -0.05) is 167 Å². The molecule has 2 heteroatoms. The molecule has 316 valence electrons. The van der Waals surface area contributed by atoms with E-state index in [9.17, 15) is 0 Å². The van der Waals surface area contributed by atoms with Crippen molar-refractivity contribution in [3.05, 3.63) is 176 Å². The molecule has 0 N–H and O–H groups in total. The third-order valence-electron chi connectivity index (χ3n) is 12.3. The van der Waals surface area contributed by atoms with Gasteiger partial charge in [0.15, 0.2) is 0 Å². The maximum atomic E-state index is 3.92. The van der Waals surface area contributed by atoms with E-state index < -0.39 is 0 Å². The first kappa shape index (κ1) is 44.1. The second-order valence-corrected chi connectivity index (χ2v) is 21.8. The van der Waals surface area contributed by atoms with Crippen molar-refractivity contribution in [2.75, 3.05) is 38.0 Å². The van der Waals surface area contributed by atoms with Crippen molar-refractivity contribution < 1.29 is 0 Å². The largest absolute Gasteiger partial charge is 0.378 e. The Morgan fingerprint density at radius 3 is 1.06 bits per heavy atom. The number of anilines is 2. The number of nitrogens with zero attached hydrogens (tertiary/aromatic N) is 2. The lowest BCUT2D eigenvalue weighted by molar-refractivity contribution is 0.567. The van der Waals surface area contributed by atoms with E-state index in [4.69, 9.17) is 0 Å². The van der Waals surface area contributed by atoms with Gasteiger partial charge in [0.05, 0.1) is 0 Å². The molecule has 0 radical (unpaired) electrons. The van der Waals surface area contributed by atoms with Gasteiger partial charge in [0.25, 0.3) is 0 Å². The van der Waals surface area contributed by atoms with Gasteiger partial charge in [-0.3, -0.25) is 0 Å². The number of hydrogen-bond donors (Lipinski definition) is 0. The summed E-state index contributed by atoms with van der Waals surface area (Å²) < 4.78 is 0. The predicted molar refractivity (Wildman–Crippen MR) is 270 cm³/mol. The van der Waals surface area contributed by atoms with Crippen molar-refractivity contribution in [2.45, 2.75) is 105 Å². The Balaban J connectivity index is 1.67. The maximum absolute atomic E-state index is 3.92. The predicted octanol–water partition coefficient (Wildman–Crippen LogP) is 14.3. The second kappa shape index (κ2) is 16.1. The van der Waals surface area contributed by atoms with Crippen LogP contribution in [0.25, 0.3) is 22.3 Å². The number of benzene rings is 5. The molecule has 0 saturated heterocycles. The lowest BCUT2D eigenvalue weighted by atomic mass is 9.77. The van der Waals surface area contributed by atoms with Crippen LogP contribution in [0.5, 0.6) is 0 Å². The van der Waals surface area contributed by atoms with E-state index in [2.05, 4.69) is 254 Å². The Kier molecular flexibility index (Phi) is 11.4. The molecule has 62 heavy (non-hydrogen) atoms. The van der Waals surface area contributed by atoms with Crippen LogP contribution in [-0.2, 0) is 21.7 Å². The highest BCUT2D eigenvalue weighted by Gasteiger charge is 2.40. The number of allylic oxidation sites excluding steroid dienone is 6. The zero-order valence-electron chi connectivity index (χ0n) is 40.3. The highest BCUT2D eigenvalue weighted by Crippen LogP contribution is 2.58. The van der Waals surface area contributed by atoms with Crippen LogP contribution in [0.1, 0.15) is 139 Å². The Hall–Kier alpha value is -5.96. The van der Waals surface area contributed by atoms with E-state index in [0.717, 1.165) is 39.2 Å². The van der Waals surface area contributed by atoms with E-state index in [1.54, 1.807) is 0 Å². The molecule has 0 bridgehead atoms. The van der Waals surface area contributed by atoms with Crippen LogP contribution < -0.4 is 9.80 Å². The summed E-state index contributed by atoms with van der Waals surface area (Å²) >= 11 is 0. The Bertz CT molecular complexity index is 2720. The molecule has 0 amide bonds. The SMILES string of the molecule is CN(C)c1ccc(C#CC2=C(c3cc(C(C)(C)C)cc(C(C)(C)C)c3)C3=C(C#Cc4ccc(N(C)C)cc4)c4ccccc4C3=C2c2cc(C(C)(C)C)cc(C(C)(C)C)c2)cc1. The van der Waals surface area contributed by atoms with Crippen molar-refractivity contribution >= 4 is 33.7 Å². The summed E-state index contributed by atoms with van der Waals surface area (Å²) in [7, 11) is 8.30. The molecule has 0 saturated carbocycles. The summed E-state index contributed by atoms with van der Waals surface area (Å²) in [5.41, 5.74) is 20.8. The minimum absolute atomic E-state index is 0.0694. The fourth-order valence-corrected chi connectivity index (χ4v) is 8.26. The molecular formula is C60H66N2. The first-order valence-corrected chi connectivity index (χ1v) is 22.2. The molecule has 0 fully saturated rings. The first-order chi connectivity index (χ1) is 28.9. The number of hydrogen-bond acceptors (Lipinski definition) is 2. The molecule has 2 nitrogen and oxygen atoms in total. The van der Waals surface area contributed by atoms with Crippen molar-refractivity contribution in [1.82, 2.24) is 0 Å². The van der Waals surface area contributed by atoms with E-state index in [1.165, 1.54) is 61.2 Å². The molecule has 0 unspecified atom stereocenters. The molecule has 2 aliphatic rings. The Morgan fingerprint density at radius 1 is 0.339 bits per heavy atom. The summed E-state index contributed by atoms with van der Waals surface area (Å²) in [6.45, 7) is 27.9. The van der Waals surface area contributed by atoms with Gasteiger partial charge in [0.1, 0.15) is 0 Å². The van der Waals surface area contributed by atoms with Gasteiger partial charge in [-0.2, -0.15) is 0 Å². The van der Waals surface area contributed by atoms with Crippen LogP contribution in [0.2, 0.25) is 0 Å². The highest BCUT2D eigenvalue weighted by molar-refractivity contribution is 6.30. The van der Waals surface area contributed by atoms with Crippen LogP contribution in [0.4, 0.5) is 11.4 Å². The fraction of sp³-hybridized carbons (Fsp3) is 0.333. The zero-order valence-corrected chi connectivity index (χ0v) is 40.3. The average molecular weight is 815 g/mol. The first-order valence-electron chi connectivity index (χ1n) is 22.2. The van der Waals surface area contributed by atoms with E-state index in [1.807, 2.05) is 0 Å². The van der Waals surface area contributed by atoms with Crippen LogP contribution in [0.15, 0.2) is 120 Å². The van der Waals surface area contributed by atoms with Crippen LogP contribution in [0, 0.1) is 23.7 Å². The molecule has 7 rings (SSSR count). The van der Waals surface area contributed by atoms with Crippen molar-refractivity contribution in [3.8, 4) is 23.7 Å². The molecular weight excluding hydrogens is 749 g/mol. The third kappa shape index (κ3) is 8.85. The van der Waals surface area contributed by atoms with Gasteiger partial charge in [-0.05, 0) is 115 Å². The Morgan fingerprint density at radius 2 is 0.694 bits per heavy atom. The average Bonchev–Trinajstić information content (AvgIpc) is 3.69. The van der Waals surface area contributed by atoms with Gasteiger partial charge in [-0.25, -0.2) is 0 Å². The summed E-state index contributed by atoms with van der Waals surface area (Å²) in [5.74, 6) is 15.1. The summed E-state index contributed by atoms with van der Waals surface area (Å²) in [4.78, 5) is 4.26. The fourth-order valence-electron chi connectivity index (χ4n) is 8.26. The van der Waals surface area contributed by atoms with E-state index in [0.29, 0.717) is 0 Å².